The van der Waals surface area contributed by atoms with Gasteiger partial charge in [0.2, 0.25) is 0 Å². The van der Waals surface area contributed by atoms with Crippen LogP contribution in [0.4, 0.5) is 0 Å². The second kappa shape index (κ2) is 8.62. The molecule has 0 aliphatic heterocycles. The maximum Gasteiger partial charge on any atom is 0.255 e. The fourth-order valence-electron chi connectivity index (χ4n) is 3.68. The standard InChI is InChI=1S/C20H30N4O2/c1-4-5-6-13-26-17-9-7-16(8-10-17)23-20(25)18-11-12-24-15(3)21-14(2)22-19(18)24/h11-12,16-17H,4-10,13H2,1-3H3,(H,23,25). The Kier molecular flexibility index (Phi) is 6.25. The lowest BCUT2D eigenvalue weighted by Gasteiger charge is -2.29. The van der Waals surface area contributed by atoms with Crippen LogP contribution in [0.5, 0.6) is 0 Å². The van der Waals surface area contributed by atoms with E-state index in [1.165, 1.54) is 12.8 Å². The SMILES string of the molecule is CCCCCOC1CCC(NC(=O)c2ccn3c(C)nc(C)nc23)CC1. The van der Waals surface area contributed by atoms with E-state index in [4.69, 9.17) is 4.74 Å². The Labute approximate surface area is 155 Å². The Hall–Kier alpha value is -1.95. The Morgan fingerprint density at radius 3 is 2.73 bits per heavy atom. The van der Waals surface area contributed by atoms with Gasteiger partial charge < -0.3 is 10.1 Å². The highest BCUT2D eigenvalue weighted by molar-refractivity contribution is 6.00. The predicted octanol–water partition coefficient (Wildman–Crippen LogP) is 3.59. The van der Waals surface area contributed by atoms with Crippen molar-refractivity contribution >= 4 is 11.6 Å². The molecule has 0 aromatic carbocycles. The van der Waals surface area contributed by atoms with Crippen LogP contribution in [0.25, 0.3) is 5.65 Å². The summed E-state index contributed by atoms with van der Waals surface area (Å²) in [6.45, 7) is 6.84. The first-order valence-electron chi connectivity index (χ1n) is 9.83. The van der Waals surface area contributed by atoms with Crippen LogP contribution in [-0.4, -0.2) is 39.0 Å². The lowest BCUT2D eigenvalue weighted by molar-refractivity contribution is 0.0205. The molecule has 0 saturated heterocycles. The van der Waals surface area contributed by atoms with E-state index in [0.717, 1.165) is 44.5 Å². The van der Waals surface area contributed by atoms with Gasteiger partial charge in [-0.15, -0.1) is 0 Å². The second-order valence-electron chi connectivity index (χ2n) is 7.27. The van der Waals surface area contributed by atoms with E-state index in [1.54, 1.807) is 0 Å². The number of carbonyl (C=O) groups is 1. The summed E-state index contributed by atoms with van der Waals surface area (Å²) in [4.78, 5) is 21.5. The average molecular weight is 358 g/mol. The molecule has 2 aromatic heterocycles. The van der Waals surface area contributed by atoms with Crippen LogP contribution in [0.15, 0.2) is 12.3 Å². The van der Waals surface area contributed by atoms with Crippen LogP contribution in [-0.2, 0) is 4.74 Å². The van der Waals surface area contributed by atoms with Crippen LogP contribution in [0.2, 0.25) is 0 Å². The van der Waals surface area contributed by atoms with Gasteiger partial charge in [0.05, 0.1) is 11.7 Å². The van der Waals surface area contributed by atoms with Crippen molar-refractivity contribution in [2.45, 2.75) is 77.9 Å². The highest BCUT2D eigenvalue weighted by atomic mass is 16.5. The van der Waals surface area contributed by atoms with E-state index in [0.29, 0.717) is 23.1 Å². The molecule has 6 nitrogen and oxygen atoms in total. The van der Waals surface area contributed by atoms with E-state index in [2.05, 4.69) is 22.2 Å². The summed E-state index contributed by atoms with van der Waals surface area (Å²) in [5, 5.41) is 3.18. The molecule has 0 bridgehead atoms. The van der Waals surface area contributed by atoms with Crippen molar-refractivity contribution in [1.82, 2.24) is 19.7 Å². The quantitative estimate of drug-likeness (QED) is 0.768. The number of aromatic nitrogens is 3. The summed E-state index contributed by atoms with van der Waals surface area (Å²) in [5.74, 6) is 1.48. The van der Waals surface area contributed by atoms with Crippen molar-refractivity contribution in [2.24, 2.45) is 0 Å². The van der Waals surface area contributed by atoms with Gasteiger partial charge in [0.1, 0.15) is 11.6 Å². The first-order valence-corrected chi connectivity index (χ1v) is 9.83. The molecule has 1 N–H and O–H groups in total. The third-order valence-corrected chi connectivity index (χ3v) is 5.15. The predicted molar refractivity (Wildman–Crippen MR) is 101 cm³/mol. The smallest absolute Gasteiger partial charge is 0.255 e. The van der Waals surface area contributed by atoms with Gasteiger partial charge in [-0.1, -0.05) is 19.8 Å². The Bertz CT molecular complexity index is 748. The number of rotatable bonds is 7. The molecular formula is C20H30N4O2. The molecule has 26 heavy (non-hydrogen) atoms. The molecule has 6 heteroatoms. The zero-order chi connectivity index (χ0) is 18.5. The van der Waals surface area contributed by atoms with Crippen LogP contribution in [0, 0.1) is 13.8 Å². The molecule has 2 heterocycles. The summed E-state index contributed by atoms with van der Waals surface area (Å²) in [6, 6.07) is 2.05. The summed E-state index contributed by atoms with van der Waals surface area (Å²) in [5.41, 5.74) is 1.30. The third kappa shape index (κ3) is 4.41. The molecule has 0 spiro atoms. The molecule has 3 rings (SSSR count). The zero-order valence-corrected chi connectivity index (χ0v) is 16.1. The molecular weight excluding hydrogens is 328 g/mol. The van der Waals surface area contributed by atoms with Crippen molar-refractivity contribution in [1.29, 1.82) is 0 Å². The molecule has 1 saturated carbocycles. The number of unbranched alkanes of at least 4 members (excludes halogenated alkanes) is 2. The lowest BCUT2D eigenvalue weighted by atomic mass is 9.92. The van der Waals surface area contributed by atoms with E-state index in [9.17, 15) is 4.79 Å². The zero-order valence-electron chi connectivity index (χ0n) is 16.1. The number of carbonyl (C=O) groups excluding carboxylic acids is 1. The average Bonchev–Trinajstić information content (AvgIpc) is 3.04. The highest BCUT2D eigenvalue weighted by Gasteiger charge is 2.24. The fourth-order valence-corrected chi connectivity index (χ4v) is 3.68. The van der Waals surface area contributed by atoms with Gasteiger partial charge in [-0.3, -0.25) is 9.20 Å². The maximum atomic E-state index is 12.7. The monoisotopic (exact) mass is 358 g/mol. The van der Waals surface area contributed by atoms with Crippen molar-refractivity contribution in [3.8, 4) is 0 Å². The topological polar surface area (TPSA) is 68.5 Å². The molecule has 0 unspecified atom stereocenters. The van der Waals surface area contributed by atoms with Gasteiger partial charge >= 0.3 is 0 Å². The maximum absolute atomic E-state index is 12.7. The highest BCUT2D eigenvalue weighted by Crippen LogP contribution is 2.22. The van der Waals surface area contributed by atoms with Gasteiger partial charge in [0.15, 0.2) is 5.65 Å². The minimum atomic E-state index is -0.0442. The summed E-state index contributed by atoms with van der Waals surface area (Å²) in [7, 11) is 0. The first kappa shape index (κ1) is 18.8. The van der Waals surface area contributed by atoms with Gasteiger partial charge in [-0.25, -0.2) is 9.97 Å². The van der Waals surface area contributed by atoms with Crippen molar-refractivity contribution < 1.29 is 9.53 Å². The van der Waals surface area contributed by atoms with Crippen molar-refractivity contribution in [3.05, 3.63) is 29.5 Å². The van der Waals surface area contributed by atoms with Gasteiger partial charge in [-0.2, -0.15) is 0 Å². The molecule has 0 radical (unpaired) electrons. The Balaban J connectivity index is 1.53. The number of aryl methyl sites for hydroxylation is 2. The number of hydrogen-bond acceptors (Lipinski definition) is 4. The van der Waals surface area contributed by atoms with E-state index in [1.807, 2.05) is 30.5 Å². The molecule has 142 valence electrons. The minimum Gasteiger partial charge on any atom is -0.378 e. The minimum absolute atomic E-state index is 0.0442. The largest absolute Gasteiger partial charge is 0.378 e. The molecule has 2 aromatic rings. The summed E-state index contributed by atoms with van der Waals surface area (Å²) >= 11 is 0. The van der Waals surface area contributed by atoms with Crippen molar-refractivity contribution in [3.63, 3.8) is 0 Å². The molecule has 1 aliphatic carbocycles. The Morgan fingerprint density at radius 1 is 1.23 bits per heavy atom. The number of fused-ring (bicyclic) bond motifs is 1. The third-order valence-electron chi connectivity index (χ3n) is 5.15. The van der Waals surface area contributed by atoms with E-state index in [-0.39, 0.29) is 11.9 Å². The number of nitrogens with one attached hydrogen (secondary N) is 1. The van der Waals surface area contributed by atoms with Gasteiger partial charge in [0.25, 0.3) is 5.91 Å². The van der Waals surface area contributed by atoms with Crippen LogP contribution in [0.1, 0.15) is 73.9 Å². The number of hydrogen-bond donors (Lipinski definition) is 1. The van der Waals surface area contributed by atoms with Gasteiger partial charge in [-0.05, 0) is 52.0 Å². The lowest BCUT2D eigenvalue weighted by Crippen LogP contribution is -2.39. The molecule has 1 aliphatic rings. The van der Waals surface area contributed by atoms with Crippen molar-refractivity contribution in [2.75, 3.05) is 6.61 Å². The van der Waals surface area contributed by atoms with Crippen LogP contribution >= 0.6 is 0 Å². The number of amides is 1. The number of ether oxygens (including phenoxy) is 1. The molecule has 0 atom stereocenters. The summed E-state index contributed by atoms with van der Waals surface area (Å²) in [6.07, 6.45) is 9.82. The van der Waals surface area contributed by atoms with Crippen LogP contribution < -0.4 is 5.32 Å². The normalized spacial score (nSPS) is 20.4. The Morgan fingerprint density at radius 2 is 2.00 bits per heavy atom. The van der Waals surface area contributed by atoms with Gasteiger partial charge in [0, 0.05) is 18.8 Å². The second-order valence-corrected chi connectivity index (χ2v) is 7.27. The molecule has 1 amide bonds. The summed E-state index contributed by atoms with van der Waals surface area (Å²) < 4.78 is 7.83. The fraction of sp³-hybridized carbons (Fsp3) is 0.650. The molecule has 1 fully saturated rings. The first-order chi connectivity index (χ1) is 12.6. The van der Waals surface area contributed by atoms with E-state index >= 15 is 0 Å². The number of nitrogens with zero attached hydrogens (tertiary/aromatic N) is 3. The van der Waals surface area contributed by atoms with Crippen LogP contribution in [0.3, 0.4) is 0 Å². The van der Waals surface area contributed by atoms with E-state index < -0.39 is 0 Å².